The average Bonchev–Trinajstić information content (AvgIpc) is 1.85. The van der Waals surface area contributed by atoms with Crippen LogP contribution in [0.1, 0.15) is 38.5 Å². The van der Waals surface area contributed by atoms with Crippen LogP contribution in [-0.2, 0) is 0 Å². The van der Waals surface area contributed by atoms with Gasteiger partial charge in [-0.2, -0.15) is 8.78 Å². The summed E-state index contributed by atoms with van der Waals surface area (Å²) in [5.74, 6) is 0.219. The van der Waals surface area contributed by atoms with Gasteiger partial charge in [0.15, 0.2) is 0 Å². The summed E-state index contributed by atoms with van der Waals surface area (Å²) in [4.78, 5) is 0. The molecule has 11 heavy (non-hydrogen) atoms. The van der Waals surface area contributed by atoms with Crippen LogP contribution < -0.4 is 0 Å². The van der Waals surface area contributed by atoms with E-state index in [1.54, 1.807) is 0 Å². The number of thiol groups is 1. The number of alkyl halides is 2. The lowest BCUT2D eigenvalue weighted by Gasteiger charge is -2.23. The molecule has 3 heteroatoms. The molecule has 1 saturated carbocycles. The highest BCUT2D eigenvalue weighted by Crippen LogP contribution is 2.34. The van der Waals surface area contributed by atoms with Crippen LogP contribution in [0.4, 0.5) is 8.78 Å². The minimum Gasteiger partial charge on any atom is -0.195 e. The lowest BCUT2D eigenvalue weighted by atomic mass is 9.87. The Hall–Kier alpha value is 0.210. The van der Waals surface area contributed by atoms with E-state index in [2.05, 4.69) is 12.6 Å². The molecule has 1 aliphatic carbocycles. The van der Waals surface area contributed by atoms with Gasteiger partial charge >= 0.3 is 0 Å². The normalized spacial score (nSPS) is 22.1. The predicted octanol–water partition coefficient (Wildman–Crippen LogP) is 3.48. The van der Waals surface area contributed by atoms with Gasteiger partial charge < -0.3 is 0 Å². The fourth-order valence-electron chi connectivity index (χ4n) is 1.74. The smallest absolute Gasteiger partial charge is 0.195 e. The molecule has 0 spiro atoms. The maximum Gasteiger partial charge on any atom is 0.291 e. The Bertz CT molecular complexity index is 114. The number of hydrogen-bond donors (Lipinski definition) is 1. The highest BCUT2D eigenvalue weighted by molar-refractivity contribution is 7.81. The Labute approximate surface area is 71.8 Å². The lowest BCUT2D eigenvalue weighted by molar-refractivity contribution is 0.0690. The Kier molecular flexibility index (Phi) is 3.16. The first kappa shape index (κ1) is 9.30. The van der Waals surface area contributed by atoms with Gasteiger partial charge in [-0.3, -0.25) is 0 Å². The van der Waals surface area contributed by atoms with Crippen molar-refractivity contribution >= 4 is 12.6 Å². The molecule has 0 aromatic carbocycles. The molecule has 0 aromatic heterocycles. The molecule has 1 fully saturated rings. The van der Waals surface area contributed by atoms with Gasteiger partial charge in [-0.25, -0.2) is 0 Å². The summed E-state index contributed by atoms with van der Waals surface area (Å²) < 4.78 is 24.7. The monoisotopic (exact) mass is 180 g/mol. The second-order valence-electron chi connectivity index (χ2n) is 3.37. The first-order chi connectivity index (χ1) is 5.08. The standard InChI is InChI=1S/C8H14F2S/c9-8(10,11)6-7-4-2-1-3-5-7/h7,11H,1-6H2. The minimum absolute atomic E-state index is 0.0316. The molecule has 0 saturated heterocycles. The molecule has 0 atom stereocenters. The van der Waals surface area contributed by atoms with Crippen molar-refractivity contribution in [2.24, 2.45) is 5.92 Å². The summed E-state index contributed by atoms with van der Waals surface area (Å²) >= 11 is 3.23. The molecule has 0 aromatic rings. The highest BCUT2D eigenvalue weighted by atomic mass is 32.1. The van der Waals surface area contributed by atoms with Crippen LogP contribution >= 0.6 is 12.6 Å². The molecule has 0 bridgehead atoms. The quantitative estimate of drug-likeness (QED) is 0.618. The fourth-order valence-corrected chi connectivity index (χ4v) is 2.00. The predicted molar refractivity (Wildman–Crippen MR) is 45.1 cm³/mol. The zero-order valence-electron chi connectivity index (χ0n) is 6.52. The fraction of sp³-hybridized carbons (Fsp3) is 1.00. The third kappa shape index (κ3) is 3.94. The molecule has 1 aliphatic rings. The van der Waals surface area contributed by atoms with Crippen molar-refractivity contribution < 1.29 is 8.78 Å². The molecule has 0 nitrogen and oxygen atoms in total. The summed E-state index contributed by atoms with van der Waals surface area (Å²) in [6.45, 7) is 0. The maximum absolute atomic E-state index is 12.4. The summed E-state index contributed by atoms with van der Waals surface area (Å²) in [7, 11) is 0. The second kappa shape index (κ2) is 3.74. The van der Waals surface area contributed by atoms with E-state index < -0.39 is 5.25 Å². The summed E-state index contributed by atoms with van der Waals surface area (Å²) in [5.41, 5.74) is 0. The van der Waals surface area contributed by atoms with Crippen molar-refractivity contribution in [2.45, 2.75) is 43.8 Å². The van der Waals surface area contributed by atoms with E-state index in [1.165, 1.54) is 6.42 Å². The Morgan fingerprint density at radius 2 is 1.73 bits per heavy atom. The first-order valence-electron chi connectivity index (χ1n) is 4.18. The van der Waals surface area contributed by atoms with E-state index >= 15 is 0 Å². The van der Waals surface area contributed by atoms with Gasteiger partial charge in [0.2, 0.25) is 0 Å². The van der Waals surface area contributed by atoms with Gasteiger partial charge in [0, 0.05) is 6.42 Å². The van der Waals surface area contributed by atoms with Crippen LogP contribution in [0.25, 0.3) is 0 Å². The van der Waals surface area contributed by atoms with Crippen molar-refractivity contribution in [3.8, 4) is 0 Å². The van der Waals surface area contributed by atoms with Crippen molar-refractivity contribution in [1.82, 2.24) is 0 Å². The van der Waals surface area contributed by atoms with Crippen molar-refractivity contribution in [2.75, 3.05) is 0 Å². The van der Waals surface area contributed by atoms with E-state index in [0.717, 1.165) is 25.7 Å². The van der Waals surface area contributed by atoms with E-state index in [-0.39, 0.29) is 12.3 Å². The molecule has 0 heterocycles. The molecular weight excluding hydrogens is 166 g/mol. The molecule has 0 amide bonds. The second-order valence-corrected chi connectivity index (χ2v) is 4.03. The van der Waals surface area contributed by atoms with Crippen LogP contribution in [0.2, 0.25) is 0 Å². The van der Waals surface area contributed by atoms with Crippen LogP contribution in [-0.4, -0.2) is 5.25 Å². The highest BCUT2D eigenvalue weighted by Gasteiger charge is 2.28. The zero-order valence-corrected chi connectivity index (χ0v) is 7.42. The van der Waals surface area contributed by atoms with Crippen LogP contribution in [0.3, 0.4) is 0 Å². The number of hydrogen-bond acceptors (Lipinski definition) is 1. The largest absolute Gasteiger partial charge is 0.291 e. The first-order valence-corrected chi connectivity index (χ1v) is 4.63. The van der Waals surface area contributed by atoms with Gasteiger partial charge in [0.05, 0.1) is 0 Å². The van der Waals surface area contributed by atoms with E-state index in [4.69, 9.17) is 0 Å². The average molecular weight is 180 g/mol. The Balaban J connectivity index is 2.24. The van der Waals surface area contributed by atoms with E-state index in [0.29, 0.717) is 0 Å². The SMILES string of the molecule is FC(F)(S)CC1CCCCC1. The number of halogens is 2. The van der Waals surface area contributed by atoms with Crippen molar-refractivity contribution in [3.05, 3.63) is 0 Å². The number of rotatable bonds is 2. The molecule has 0 radical (unpaired) electrons. The van der Waals surface area contributed by atoms with Gasteiger partial charge in [0.1, 0.15) is 0 Å². The third-order valence-electron chi connectivity index (χ3n) is 2.26. The molecule has 0 unspecified atom stereocenters. The van der Waals surface area contributed by atoms with Crippen LogP contribution in [0, 0.1) is 5.92 Å². The molecular formula is C8H14F2S. The van der Waals surface area contributed by atoms with Gasteiger partial charge in [0.25, 0.3) is 5.25 Å². The summed E-state index contributed by atoms with van der Waals surface area (Å²) in [6.07, 6.45) is 5.36. The molecule has 0 aliphatic heterocycles. The topological polar surface area (TPSA) is 0 Å². The minimum atomic E-state index is -2.75. The van der Waals surface area contributed by atoms with Crippen LogP contribution in [0.5, 0.6) is 0 Å². The lowest BCUT2D eigenvalue weighted by Crippen LogP contribution is -2.16. The van der Waals surface area contributed by atoms with Gasteiger partial charge in [-0.15, -0.1) is 12.6 Å². The summed E-state index contributed by atoms with van der Waals surface area (Å²) in [5, 5.41) is -2.75. The molecule has 66 valence electrons. The maximum atomic E-state index is 12.4. The van der Waals surface area contributed by atoms with E-state index in [1.807, 2.05) is 0 Å². The third-order valence-corrected chi connectivity index (χ3v) is 2.44. The van der Waals surface area contributed by atoms with Gasteiger partial charge in [-0.05, 0) is 5.92 Å². The Morgan fingerprint density at radius 1 is 1.18 bits per heavy atom. The molecule has 0 N–H and O–H groups in total. The Morgan fingerprint density at radius 3 is 2.18 bits per heavy atom. The van der Waals surface area contributed by atoms with Crippen molar-refractivity contribution in [1.29, 1.82) is 0 Å². The van der Waals surface area contributed by atoms with E-state index in [9.17, 15) is 8.78 Å². The molecule has 1 rings (SSSR count). The van der Waals surface area contributed by atoms with Gasteiger partial charge in [-0.1, -0.05) is 32.1 Å². The van der Waals surface area contributed by atoms with Crippen LogP contribution in [0.15, 0.2) is 0 Å². The van der Waals surface area contributed by atoms with Crippen molar-refractivity contribution in [3.63, 3.8) is 0 Å². The zero-order chi connectivity index (χ0) is 8.32. The summed E-state index contributed by atoms with van der Waals surface area (Å²) in [6, 6.07) is 0.